The number of nitrogens with zero attached hydrogens (tertiary/aromatic N) is 2. The first kappa shape index (κ1) is 12.5. The number of thioether (sulfide) groups is 1. The fourth-order valence-electron chi connectivity index (χ4n) is 2.18. The van der Waals surface area contributed by atoms with Gasteiger partial charge >= 0.3 is 0 Å². The van der Waals surface area contributed by atoms with E-state index in [1.54, 1.807) is 24.2 Å². The maximum Gasteiger partial charge on any atom is 0.255 e. The lowest BCUT2D eigenvalue weighted by atomic mass is 10.00. The van der Waals surface area contributed by atoms with Gasteiger partial charge in [0.2, 0.25) is 0 Å². The summed E-state index contributed by atoms with van der Waals surface area (Å²) < 4.78 is 5.23. The molecule has 92 valence electrons. The summed E-state index contributed by atoms with van der Waals surface area (Å²) in [7, 11) is 0. The van der Waals surface area contributed by atoms with Crippen LogP contribution in [0, 0.1) is 11.3 Å². The van der Waals surface area contributed by atoms with Crippen LogP contribution in [0.4, 0.5) is 0 Å². The Morgan fingerprint density at radius 2 is 2.65 bits per heavy atom. The highest BCUT2D eigenvalue weighted by Crippen LogP contribution is 2.39. The number of hydrogen-bond acceptors (Lipinski definition) is 5. The van der Waals surface area contributed by atoms with E-state index in [9.17, 15) is 5.26 Å². The summed E-state index contributed by atoms with van der Waals surface area (Å²) in [5.41, 5.74) is -0.333. The van der Waals surface area contributed by atoms with E-state index in [4.69, 9.17) is 4.42 Å². The van der Waals surface area contributed by atoms with Gasteiger partial charge in [-0.05, 0) is 32.2 Å². The monoisotopic (exact) mass is 251 g/mol. The Morgan fingerprint density at radius 1 is 1.76 bits per heavy atom. The van der Waals surface area contributed by atoms with E-state index >= 15 is 0 Å². The molecule has 1 N–H and O–H groups in total. The van der Waals surface area contributed by atoms with Crippen molar-refractivity contribution >= 4 is 11.8 Å². The fraction of sp³-hybridized carbons (Fsp3) is 0.667. The minimum Gasteiger partial charge on any atom is -0.440 e. The average molecular weight is 251 g/mol. The predicted molar refractivity (Wildman–Crippen MR) is 66.6 cm³/mol. The SMILES string of the molecule is CCCNC1(C#N)CCC(Sc2ncco2)C1. The Hall–Kier alpha value is -0.990. The van der Waals surface area contributed by atoms with Gasteiger partial charge in [-0.15, -0.1) is 0 Å². The van der Waals surface area contributed by atoms with Crippen molar-refractivity contribution < 1.29 is 4.42 Å². The van der Waals surface area contributed by atoms with Gasteiger partial charge in [0, 0.05) is 5.25 Å². The van der Waals surface area contributed by atoms with Crippen LogP contribution in [0.5, 0.6) is 0 Å². The highest BCUT2D eigenvalue weighted by atomic mass is 32.2. The summed E-state index contributed by atoms with van der Waals surface area (Å²) in [4.78, 5) is 4.11. The van der Waals surface area contributed by atoms with Crippen molar-refractivity contribution in [2.45, 2.75) is 48.6 Å². The van der Waals surface area contributed by atoms with Crippen molar-refractivity contribution in [2.75, 3.05) is 6.54 Å². The summed E-state index contributed by atoms with van der Waals surface area (Å²) in [5, 5.41) is 13.8. The van der Waals surface area contributed by atoms with Crippen molar-refractivity contribution in [2.24, 2.45) is 0 Å². The second-order valence-electron chi connectivity index (χ2n) is 4.40. The van der Waals surface area contributed by atoms with Gasteiger partial charge < -0.3 is 4.42 Å². The molecule has 0 aromatic carbocycles. The van der Waals surface area contributed by atoms with Crippen LogP contribution < -0.4 is 5.32 Å². The number of rotatable bonds is 5. The van der Waals surface area contributed by atoms with Crippen molar-refractivity contribution in [1.29, 1.82) is 5.26 Å². The topological polar surface area (TPSA) is 61.9 Å². The Kier molecular flexibility index (Phi) is 4.08. The Morgan fingerprint density at radius 3 is 3.29 bits per heavy atom. The molecule has 1 saturated carbocycles. The van der Waals surface area contributed by atoms with E-state index < -0.39 is 0 Å². The van der Waals surface area contributed by atoms with Crippen LogP contribution in [0.1, 0.15) is 32.6 Å². The van der Waals surface area contributed by atoms with E-state index in [0.717, 1.165) is 32.2 Å². The van der Waals surface area contributed by atoms with Gasteiger partial charge in [0.1, 0.15) is 11.8 Å². The van der Waals surface area contributed by atoms with E-state index in [0.29, 0.717) is 10.5 Å². The zero-order valence-electron chi connectivity index (χ0n) is 9.98. The maximum absolute atomic E-state index is 9.33. The number of oxazole rings is 1. The predicted octanol–water partition coefficient (Wildman–Crippen LogP) is 2.58. The molecule has 0 aliphatic heterocycles. The summed E-state index contributed by atoms with van der Waals surface area (Å²) in [6, 6.07) is 2.45. The molecule has 1 aromatic rings. The summed E-state index contributed by atoms with van der Waals surface area (Å²) in [5.74, 6) is 0. The molecule has 0 radical (unpaired) electrons. The quantitative estimate of drug-likeness (QED) is 0.871. The molecule has 1 aromatic heterocycles. The highest BCUT2D eigenvalue weighted by molar-refractivity contribution is 7.99. The number of nitriles is 1. The molecule has 2 atom stereocenters. The van der Waals surface area contributed by atoms with Crippen molar-refractivity contribution in [1.82, 2.24) is 10.3 Å². The molecule has 2 rings (SSSR count). The van der Waals surface area contributed by atoms with Crippen LogP contribution >= 0.6 is 11.8 Å². The standard InChI is InChI=1S/C12H17N3OS/c1-2-5-15-12(9-13)4-3-10(8-12)17-11-14-6-7-16-11/h6-7,10,15H,2-5,8H2,1H3. The van der Waals surface area contributed by atoms with Crippen LogP contribution in [-0.2, 0) is 0 Å². The zero-order valence-corrected chi connectivity index (χ0v) is 10.8. The third-order valence-corrected chi connectivity index (χ3v) is 4.21. The minimum absolute atomic E-state index is 0.333. The van der Waals surface area contributed by atoms with Gasteiger partial charge in [0.15, 0.2) is 0 Å². The van der Waals surface area contributed by atoms with E-state index in [-0.39, 0.29) is 5.54 Å². The lowest BCUT2D eigenvalue weighted by Gasteiger charge is -2.22. The lowest BCUT2D eigenvalue weighted by Crippen LogP contribution is -2.42. The normalized spacial score (nSPS) is 28.1. The molecular formula is C12H17N3OS. The van der Waals surface area contributed by atoms with E-state index in [1.807, 2.05) is 0 Å². The van der Waals surface area contributed by atoms with Gasteiger partial charge in [-0.2, -0.15) is 5.26 Å². The number of nitrogens with one attached hydrogen (secondary N) is 1. The van der Waals surface area contributed by atoms with Gasteiger partial charge in [0.05, 0.1) is 12.3 Å². The van der Waals surface area contributed by atoms with Crippen LogP contribution in [0.2, 0.25) is 0 Å². The zero-order chi connectivity index (χ0) is 12.1. The van der Waals surface area contributed by atoms with Gasteiger partial charge in [-0.1, -0.05) is 18.7 Å². The average Bonchev–Trinajstić information content (AvgIpc) is 2.98. The van der Waals surface area contributed by atoms with Crippen LogP contribution in [0.15, 0.2) is 22.1 Å². The minimum atomic E-state index is -0.333. The maximum atomic E-state index is 9.33. The smallest absolute Gasteiger partial charge is 0.255 e. The summed E-state index contributed by atoms with van der Waals surface area (Å²) in [6.45, 7) is 3.02. The molecule has 1 heterocycles. The second kappa shape index (κ2) is 5.56. The van der Waals surface area contributed by atoms with Crippen LogP contribution in [-0.4, -0.2) is 22.3 Å². The van der Waals surface area contributed by atoms with E-state index in [1.165, 1.54) is 0 Å². The highest BCUT2D eigenvalue weighted by Gasteiger charge is 2.39. The molecule has 1 fully saturated rings. The molecule has 5 heteroatoms. The third kappa shape index (κ3) is 3.02. The first-order valence-electron chi connectivity index (χ1n) is 6.00. The van der Waals surface area contributed by atoms with Crippen molar-refractivity contribution in [3.63, 3.8) is 0 Å². The largest absolute Gasteiger partial charge is 0.440 e. The number of aromatic nitrogens is 1. The van der Waals surface area contributed by atoms with Gasteiger partial charge in [0.25, 0.3) is 5.22 Å². The fourth-order valence-corrected chi connectivity index (χ4v) is 3.30. The third-order valence-electron chi connectivity index (χ3n) is 3.07. The Bertz CT molecular complexity index is 387. The Labute approximate surface area is 106 Å². The summed E-state index contributed by atoms with van der Waals surface area (Å²) >= 11 is 1.64. The Balaban J connectivity index is 1.91. The molecule has 1 aliphatic rings. The lowest BCUT2D eigenvalue weighted by molar-refractivity contribution is 0.423. The van der Waals surface area contributed by atoms with Crippen LogP contribution in [0.25, 0.3) is 0 Å². The molecule has 0 spiro atoms. The number of hydrogen-bond donors (Lipinski definition) is 1. The molecule has 1 aliphatic carbocycles. The molecule has 0 saturated heterocycles. The van der Waals surface area contributed by atoms with Gasteiger partial charge in [-0.3, -0.25) is 5.32 Å². The van der Waals surface area contributed by atoms with E-state index in [2.05, 4.69) is 23.3 Å². The molecule has 4 nitrogen and oxygen atoms in total. The molecule has 2 unspecified atom stereocenters. The van der Waals surface area contributed by atoms with Crippen molar-refractivity contribution in [3.05, 3.63) is 12.5 Å². The molecule has 0 bridgehead atoms. The van der Waals surface area contributed by atoms with Gasteiger partial charge in [-0.25, -0.2) is 4.98 Å². The first-order chi connectivity index (χ1) is 8.28. The van der Waals surface area contributed by atoms with Crippen LogP contribution in [0.3, 0.4) is 0 Å². The summed E-state index contributed by atoms with van der Waals surface area (Å²) in [6.07, 6.45) is 7.13. The van der Waals surface area contributed by atoms with Crippen molar-refractivity contribution in [3.8, 4) is 6.07 Å². The molecule has 0 amide bonds. The molecule has 17 heavy (non-hydrogen) atoms. The first-order valence-corrected chi connectivity index (χ1v) is 6.88. The molecular weight excluding hydrogens is 234 g/mol. The second-order valence-corrected chi connectivity index (χ2v) is 5.65.